The number of carbonyl (C=O) groups is 1. The average Bonchev–Trinajstić information content (AvgIpc) is 2.68. The summed E-state index contributed by atoms with van der Waals surface area (Å²) in [7, 11) is -3.68. The van der Waals surface area contributed by atoms with E-state index in [2.05, 4.69) is 4.98 Å². The second-order valence-corrected chi connectivity index (χ2v) is 9.64. The number of hydrogen-bond donors (Lipinski definition) is 0. The van der Waals surface area contributed by atoms with Crippen molar-refractivity contribution in [2.45, 2.75) is 37.5 Å². The van der Waals surface area contributed by atoms with Crippen molar-refractivity contribution >= 4 is 27.2 Å². The Morgan fingerprint density at radius 3 is 2.40 bits per heavy atom. The topological polar surface area (TPSA) is 73.3 Å². The number of ether oxygens (including phenoxy) is 1. The van der Waals surface area contributed by atoms with E-state index < -0.39 is 9.84 Å². The van der Waals surface area contributed by atoms with Gasteiger partial charge in [0.15, 0.2) is 15.6 Å². The van der Waals surface area contributed by atoms with Gasteiger partial charge in [-0.25, -0.2) is 8.42 Å². The molecule has 0 fully saturated rings. The van der Waals surface area contributed by atoms with Crippen LogP contribution in [-0.4, -0.2) is 25.3 Å². The highest BCUT2D eigenvalue weighted by Crippen LogP contribution is 2.25. The molecule has 0 aliphatic carbocycles. The van der Waals surface area contributed by atoms with E-state index in [0.717, 1.165) is 0 Å². The van der Waals surface area contributed by atoms with Gasteiger partial charge >= 0.3 is 0 Å². The molecule has 0 amide bonds. The summed E-state index contributed by atoms with van der Waals surface area (Å²) in [6.07, 6.45) is 1.54. The summed E-state index contributed by atoms with van der Waals surface area (Å²) in [5.74, 6) is -0.0204. The molecule has 1 heterocycles. The van der Waals surface area contributed by atoms with Crippen LogP contribution in [0.25, 0.3) is 0 Å². The molecule has 156 valence electrons. The number of halogens is 1. The minimum Gasteiger partial charge on any atom is -0.491 e. The second-order valence-electron chi connectivity index (χ2n) is 7.21. The molecule has 7 heteroatoms. The van der Waals surface area contributed by atoms with Gasteiger partial charge in [-0.15, -0.1) is 0 Å². The molecular weight excluding hydrogens is 422 g/mol. The van der Waals surface area contributed by atoms with Crippen LogP contribution in [0.4, 0.5) is 0 Å². The number of carbonyl (C=O) groups excluding carboxylic acids is 1. The molecule has 3 aromatic rings. The molecule has 0 unspecified atom stereocenters. The first-order chi connectivity index (χ1) is 14.2. The Hall–Kier alpha value is -2.70. The van der Waals surface area contributed by atoms with Crippen LogP contribution in [0.5, 0.6) is 5.75 Å². The van der Waals surface area contributed by atoms with Crippen molar-refractivity contribution < 1.29 is 17.9 Å². The van der Waals surface area contributed by atoms with Crippen LogP contribution in [0.15, 0.2) is 65.7 Å². The van der Waals surface area contributed by atoms with Crippen molar-refractivity contribution in [1.82, 2.24) is 4.98 Å². The number of benzene rings is 2. The first kappa shape index (κ1) is 22.0. The highest BCUT2D eigenvalue weighted by Gasteiger charge is 2.21. The summed E-state index contributed by atoms with van der Waals surface area (Å²) in [4.78, 5) is 17.3. The van der Waals surface area contributed by atoms with E-state index in [-0.39, 0.29) is 28.1 Å². The molecular formula is C23H22ClNO4S. The standard InChI is InChI=1S/C23H22ClNO4S/c1-15(2)29-20-6-8-21(9-7-20)30(27,28)14-18-4-5-19(24)13-22(18)23(26)17-10-11-25-16(3)12-17/h4-13,15H,14H2,1-3H3. The summed E-state index contributed by atoms with van der Waals surface area (Å²) in [5, 5.41) is 0.362. The summed E-state index contributed by atoms with van der Waals surface area (Å²) in [6, 6.07) is 14.2. The van der Waals surface area contributed by atoms with Crippen LogP contribution in [0.1, 0.15) is 41.0 Å². The second kappa shape index (κ2) is 8.98. The molecule has 0 saturated carbocycles. The first-order valence-corrected chi connectivity index (χ1v) is 11.4. The van der Waals surface area contributed by atoms with Crippen molar-refractivity contribution in [3.05, 3.63) is 88.2 Å². The van der Waals surface area contributed by atoms with Gasteiger partial charge in [-0.2, -0.15) is 0 Å². The minimum atomic E-state index is -3.68. The zero-order chi connectivity index (χ0) is 21.9. The molecule has 1 aromatic heterocycles. The maximum absolute atomic E-state index is 13.0. The minimum absolute atomic E-state index is 0.00748. The van der Waals surface area contributed by atoms with Crippen LogP contribution < -0.4 is 4.74 Å². The van der Waals surface area contributed by atoms with E-state index >= 15 is 0 Å². The maximum Gasteiger partial charge on any atom is 0.193 e. The van der Waals surface area contributed by atoms with Gasteiger partial charge in [-0.1, -0.05) is 17.7 Å². The van der Waals surface area contributed by atoms with Crippen LogP contribution in [0.2, 0.25) is 5.02 Å². The average molecular weight is 444 g/mol. The smallest absolute Gasteiger partial charge is 0.193 e. The Labute approximate surface area is 181 Å². The van der Waals surface area contributed by atoms with Gasteiger partial charge < -0.3 is 4.74 Å². The van der Waals surface area contributed by atoms with Gasteiger partial charge in [0.25, 0.3) is 0 Å². The van der Waals surface area contributed by atoms with Gasteiger partial charge in [0.05, 0.1) is 16.8 Å². The van der Waals surface area contributed by atoms with Gasteiger partial charge in [0, 0.05) is 28.0 Å². The summed E-state index contributed by atoms with van der Waals surface area (Å²) < 4.78 is 31.5. The lowest BCUT2D eigenvalue weighted by atomic mass is 9.99. The Bertz CT molecular complexity index is 1170. The van der Waals surface area contributed by atoms with Crippen molar-refractivity contribution in [3.8, 4) is 5.75 Å². The third kappa shape index (κ3) is 5.26. The fourth-order valence-electron chi connectivity index (χ4n) is 3.01. The zero-order valence-electron chi connectivity index (χ0n) is 16.9. The number of aromatic nitrogens is 1. The van der Waals surface area contributed by atoms with E-state index in [9.17, 15) is 13.2 Å². The number of pyridine rings is 1. The van der Waals surface area contributed by atoms with Crippen LogP contribution in [0, 0.1) is 6.92 Å². The molecule has 30 heavy (non-hydrogen) atoms. The Morgan fingerprint density at radius 2 is 1.77 bits per heavy atom. The van der Waals surface area contributed by atoms with Crippen LogP contribution in [-0.2, 0) is 15.6 Å². The van der Waals surface area contributed by atoms with Crippen molar-refractivity contribution in [3.63, 3.8) is 0 Å². The van der Waals surface area contributed by atoms with Crippen molar-refractivity contribution in [1.29, 1.82) is 0 Å². The monoisotopic (exact) mass is 443 g/mol. The zero-order valence-corrected chi connectivity index (χ0v) is 18.5. The number of nitrogens with zero attached hydrogens (tertiary/aromatic N) is 1. The van der Waals surface area contributed by atoms with E-state index in [1.54, 1.807) is 49.5 Å². The molecule has 0 saturated heterocycles. The maximum atomic E-state index is 13.0. The van der Waals surface area contributed by atoms with Crippen LogP contribution in [0.3, 0.4) is 0 Å². The fourth-order valence-corrected chi connectivity index (χ4v) is 4.56. The molecule has 0 atom stereocenters. The molecule has 0 radical (unpaired) electrons. The fraction of sp³-hybridized carbons (Fsp3) is 0.217. The van der Waals surface area contributed by atoms with Gasteiger partial charge in [0.1, 0.15) is 5.75 Å². The number of aryl methyl sites for hydroxylation is 1. The molecule has 5 nitrogen and oxygen atoms in total. The van der Waals surface area contributed by atoms with E-state index in [1.807, 2.05) is 13.8 Å². The van der Waals surface area contributed by atoms with E-state index in [4.69, 9.17) is 16.3 Å². The normalized spacial score (nSPS) is 11.5. The first-order valence-electron chi connectivity index (χ1n) is 9.41. The predicted molar refractivity (Wildman–Crippen MR) is 117 cm³/mol. The summed E-state index contributed by atoms with van der Waals surface area (Å²) in [5.41, 5.74) is 1.78. The number of hydrogen-bond acceptors (Lipinski definition) is 5. The Balaban J connectivity index is 1.93. The molecule has 0 aliphatic rings. The third-order valence-corrected chi connectivity index (χ3v) is 6.29. The number of rotatable bonds is 7. The number of sulfone groups is 1. The van der Waals surface area contributed by atoms with Gasteiger partial charge in [-0.05, 0) is 74.9 Å². The van der Waals surface area contributed by atoms with Crippen LogP contribution >= 0.6 is 11.6 Å². The van der Waals surface area contributed by atoms with E-state index in [0.29, 0.717) is 27.6 Å². The SMILES string of the molecule is Cc1cc(C(=O)c2cc(Cl)ccc2CS(=O)(=O)c2ccc(OC(C)C)cc2)ccn1. The van der Waals surface area contributed by atoms with Crippen molar-refractivity contribution in [2.24, 2.45) is 0 Å². The lowest BCUT2D eigenvalue weighted by Gasteiger charge is -2.12. The van der Waals surface area contributed by atoms with Crippen molar-refractivity contribution in [2.75, 3.05) is 0 Å². The molecule has 0 bridgehead atoms. The lowest BCUT2D eigenvalue weighted by Crippen LogP contribution is -2.11. The molecule has 0 spiro atoms. The molecule has 3 rings (SSSR count). The Morgan fingerprint density at radius 1 is 1.07 bits per heavy atom. The van der Waals surface area contributed by atoms with Gasteiger partial charge in [-0.3, -0.25) is 9.78 Å². The summed E-state index contributed by atoms with van der Waals surface area (Å²) in [6.45, 7) is 5.58. The molecule has 2 aromatic carbocycles. The number of ketones is 1. The molecule has 0 aliphatic heterocycles. The summed E-state index contributed by atoms with van der Waals surface area (Å²) >= 11 is 6.10. The predicted octanol–water partition coefficient (Wildman–Crippen LogP) is 5.04. The van der Waals surface area contributed by atoms with Gasteiger partial charge in [0.2, 0.25) is 0 Å². The largest absolute Gasteiger partial charge is 0.491 e. The lowest BCUT2D eigenvalue weighted by molar-refractivity contribution is 0.103. The Kier molecular flexibility index (Phi) is 6.58. The molecule has 0 N–H and O–H groups in total. The highest BCUT2D eigenvalue weighted by molar-refractivity contribution is 7.90. The quantitative estimate of drug-likeness (QED) is 0.478. The highest BCUT2D eigenvalue weighted by atomic mass is 35.5. The van der Waals surface area contributed by atoms with E-state index in [1.165, 1.54) is 18.2 Å². The third-order valence-electron chi connectivity index (χ3n) is 4.38.